The average Bonchev–Trinajstić information content (AvgIpc) is 2.74. The minimum Gasteiger partial charge on any atom is -0.489 e. The number of amides is 1. The Labute approximate surface area is 163 Å². The molecule has 2 heterocycles. The molecule has 1 saturated heterocycles. The third-order valence-electron chi connectivity index (χ3n) is 4.86. The first kappa shape index (κ1) is 19.8. The number of aromatic nitrogens is 1. The van der Waals surface area contributed by atoms with Crippen molar-refractivity contribution < 1.29 is 24.2 Å². The van der Waals surface area contributed by atoms with Crippen LogP contribution in [0.25, 0.3) is 0 Å². The Morgan fingerprint density at radius 3 is 2.79 bits per heavy atom. The van der Waals surface area contributed by atoms with Gasteiger partial charge in [0.2, 0.25) is 0 Å². The van der Waals surface area contributed by atoms with Gasteiger partial charge in [-0.05, 0) is 43.0 Å². The normalized spacial score (nSPS) is 15.6. The molecule has 0 aliphatic carbocycles. The number of carboxylic acid groups (broad SMARTS) is 1. The topological polar surface area (TPSA) is 97.8 Å². The van der Waals surface area contributed by atoms with Crippen molar-refractivity contribution in [3.05, 3.63) is 59.9 Å². The summed E-state index contributed by atoms with van der Waals surface area (Å²) in [6.07, 6.45) is 4.81. The summed E-state index contributed by atoms with van der Waals surface area (Å²) >= 11 is 0. The van der Waals surface area contributed by atoms with Gasteiger partial charge in [0.15, 0.2) is 0 Å². The second-order valence-corrected chi connectivity index (χ2v) is 6.78. The molecule has 1 aliphatic rings. The van der Waals surface area contributed by atoms with Crippen LogP contribution in [0.5, 0.6) is 5.75 Å². The van der Waals surface area contributed by atoms with Gasteiger partial charge < -0.3 is 19.9 Å². The molecule has 1 atom stereocenters. The fraction of sp³-hybridized carbons (Fsp3) is 0.381. The number of carbonyl (C=O) groups is 2. The minimum atomic E-state index is -0.888. The first-order chi connectivity index (χ1) is 13.6. The fourth-order valence-corrected chi connectivity index (χ4v) is 3.26. The fourth-order valence-electron chi connectivity index (χ4n) is 3.26. The Morgan fingerprint density at radius 1 is 1.25 bits per heavy atom. The van der Waals surface area contributed by atoms with Crippen molar-refractivity contribution in [1.82, 2.24) is 10.3 Å². The zero-order valence-electron chi connectivity index (χ0n) is 15.5. The predicted octanol–water partition coefficient (Wildman–Crippen LogP) is 2.52. The number of hydrogen-bond donors (Lipinski definition) is 2. The molecule has 7 heteroatoms. The molecule has 1 amide bonds. The molecular weight excluding hydrogens is 360 g/mol. The van der Waals surface area contributed by atoms with Crippen molar-refractivity contribution >= 4 is 11.9 Å². The average molecular weight is 384 g/mol. The van der Waals surface area contributed by atoms with E-state index in [0.29, 0.717) is 44.0 Å². The maximum absolute atomic E-state index is 12.5. The van der Waals surface area contributed by atoms with Crippen LogP contribution >= 0.6 is 0 Å². The van der Waals surface area contributed by atoms with Gasteiger partial charge in [-0.15, -0.1) is 0 Å². The van der Waals surface area contributed by atoms with Crippen LogP contribution in [0.3, 0.4) is 0 Å². The number of aliphatic carboxylic acids is 1. The van der Waals surface area contributed by atoms with Crippen LogP contribution in [-0.4, -0.2) is 41.7 Å². The summed E-state index contributed by atoms with van der Waals surface area (Å²) in [5, 5.41) is 12.3. The molecule has 0 spiro atoms. The molecule has 2 N–H and O–H groups in total. The van der Waals surface area contributed by atoms with E-state index in [4.69, 9.17) is 9.47 Å². The molecule has 28 heavy (non-hydrogen) atoms. The van der Waals surface area contributed by atoms with Crippen LogP contribution in [0.15, 0.2) is 48.8 Å². The number of rotatable bonds is 8. The summed E-state index contributed by atoms with van der Waals surface area (Å²) in [6, 6.07) is 10.6. The van der Waals surface area contributed by atoms with Crippen molar-refractivity contribution in [2.75, 3.05) is 19.8 Å². The van der Waals surface area contributed by atoms with Gasteiger partial charge >= 0.3 is 5.97 Å². The number of nitrogens with one attached hydrogen (secondary N) is 1. The molecule has 1 unspecified atom stereocenters. The van der Waals surface area contributed by atoms with Gasteiger partial charge in [-0.25, -0.2) is 0 Å². The van der Waals surface area contributed by atoms with E-state index >= 15 is 0 Å². The third-order valence-corrected chi connectivity index (χ3v) is 4.86. The molecule has 1 aromatic carbocycles. The molecule has 2 aromatic rings. The molecule has 0 radical (unpaired) electrons. The van der Waals surface area contributed by atoms with Gasteiger partial charge in [-0.1, -0.05) is 12.1 Å². The van der Waals surface area contributed by atoms with E-state index < -0.39 is 11.9 Å². The van der Waals surface area contributed by atoms with Gasteiger partial charge in [0, 0.05) is 43.3 Å². The molecule has 148 valence electrons. The largest absolute Gasteiger partial charge is 0.489 e. The molecule has 1 aromatic heterocycles. The quantitative estimate of drug-likeness (QED) is 0.726. The SMILES string of the molecule is O=C(NCC(C(=O)O)C1CCOCC1)c1cccc(OCc2cccnc2)c1. The van der Waals surface area contributed by atoms with E-state index in [1.54, 1.807) is 36.7 Å². The lowest BCUT2D eigenvalue weighted by Gasteiger charge is -2.27. The smallest absolute Gasteiger partial charge is 0.308 e. The highest BCUT2D eigenvalue weighted by Gasteiger charge is 2.30. The highest BCUT2D eigenvalue weighted by atomic mass is 16.5. The first-order valence-corrected chi connectivity index (χ1v) is 9.34. The summed E-state index contributed by atoms with van der Waals surface area (Å²) in [5.74, 6) is -1.24. The Balaban J connectivity index is 1.56. The maximum Gasteiger partial charge on any atom is 0.308 e. The summed E-state index contributed by atoms with van der Waals surface area (Å²) < 4.78 is 11.0. The summed E-state index contributed by atoms with van der Waals surface area (Å²) in [5.41, 5.74) is 1.36. The van der Waals surface area contributed by atoms with Gasteiger partial charge in [-0.2, -0.15) is 0 Å². The van der Waals surface area contributed by atoms with Crippen LogP contribution in [0.2, 0.25) is 0 Å². The number of ether oxygens (including phenoxy) is 2. The summed E-state index contributed by atoms with van der Waals surface area (Å²) in [4.78, 5) is 28.1. The predicted molar refractivity (Wildman–Crippen MR) is 102 cm³/mol. The molecule has 0 saturated carbocycles. The van der Waals surface area contributed by atoms with Crippen molar-refractivity contribution in [3.8, 4) is 5.75 Å². The monoisotopic (exact) mass is 384 g/mol. The number of carboxylic acids is 1. The standard InChI is InChI=1S/C21H24N2O5/c24-20(23-13-19(21(25)26)16-6-9-27-10-7-16)17-4-1-5-18(11-17)28-14-15-3-2-8-22-12-15/h1-5,8,11-12,16,19H,6-7,9-10,13-14H2,(H,23,24)(H,25,26). The van der Waals surface area contributed by atoms with Crippen LogP contribution < -0.4 is 10.1 Å². The second-order valence-electron chi connectivity index (χ2n) is 6.78. The first-order valence-electron chi connectivity index (χ1n) is 9.34. The lowest BCUT2D eigenvalue weighted by Crippen LogP contribution is -2.39. The Hall–Kier alpha value is -2.93. The van der Waals surface area contributed by atoms with Crippen LogP contribution in [0.1, 0.15) is 28.8 Å². The van der Waals surface area contributed by atoms with Gasteiger partial charge in [0.1, 0.15) is 12.4 Å². The third kappa shape index (κ3) is 5.53. The van der Waals surface area contributed by atoms with Gasteiger partial charge in [0.05, 0.1) is 5.92 Å². The second kappa shape index (κ2) is 9.85. The zero-order chi connectivity index (χ0) is 19.8. The van der Waals surface area contributed by atoms with E-state index in [2.05, 4.69) is 10.3 Å². The Kier molecular flexibility index (Phi) is 6.97. The number of carbonyl (C=O) groups excluding carboxylic acids is 1. The maximum atomic E-state index is 12.5. The van der Waals surface area contributed by atoms with Crippen molar-refractivity contribution in [2.24, 2.45) is 11.8 Å². The van der Waals surface area contributed by atoms with Crippen LogP contribution in [0, 0.1) is 11.8 Å². The zero-order valence-corrected chi connectivity index (χ0v) is 15.5. The number of hydrogen-bond acceptors (Lipinski definition) is 5. The molecular formula is C21H24N2O5. The van der Waals surface area contributed by atoms with Gasteiger partial charge in [-0.3, -0.25) is 14.6 Å². The lowest BCUT2D eigenvalue weighted by molar-refractivity contribution is -0.144. The Morgan fingerprint density at radius 2 is 2.07 bits per heavy atom. The van der Waals surface area contributed by atoms with E-state index in [1.807, 2.05) is 12.1 Å². The molecule has 1 aliphatic heterocycles. The van der Waals surface area contributed by atoms with Crippen molar-refractivity contribution in [3.63, 3.8) is 0 Å². The lowest BCUT2D eigenvalue weighted by atomic mass is 9.86. The molecule has 7 nitrogen and oxygen atoms in total. The van der Waals surface area contributed by atoms with Crippen LogP contribution in [0.4, 0.5) is 0 Å². The van der Waals surface area contributed by atoms with Crippen LogP contribution in [-0.2, 0) is 16.1 Å². The molecule has 1 fully saturated rings. The van der Waals surface area contributed by atoms with E-state index in [0.717, 1.165) is 5.56 Å². The molecule has 0 bridgehead atoms. The summed E-state index contributed by atoms with van der Waals surface area (Å²) in [6.45, 7) is 1.58. The van der Waals surface area contributed by atoms with E-state index in [-0.39, 0.29) is 18.4 Å². The number of nitrogens with zero attached hydrogens (tertiary/aromatic N) is 1. The Bertz CT molecular complexity index is 790. The van der Waals surface area contributed by atoms with Crippen molar-refractivity contribution in [1.29, 1.82) is 0 Å². The van der Waals surface area contributed by atoms with Crippen molar-refractivity contribution in [2.45, 2.75) is 19.4 Å². The number of pyridine rings is 1. The van der Waals surface area contributed by atoms with Gasteiger partial charge in [0.25, 0.3) is 5.91 Å². The summed E-state index contributed by atoms with van der Waals surface area (Å²) in [7, 11) is 0. The highest BCUT2D eigenvalue weighted by Crippen LogP contribution is 2.24. The highest BCUT2D eigenvalue weighted by molar-refractivity contribution is 5.94. The number of benzene rings is 1. The minimum absolute atomic E-state index is 0.0145. The van der Waals surface area contributed by atoms with E-state index in [1.165, 1.54) is 0 Å². The molecule has 3 rings (SSSR count). The van der Waals surface area contributed by atoms with E-state index in [9.17, 15) is 14.7 Å².